The number of H-pyrrole nitrogens is 1. The minimum absolute atomic E-state index is 0.0238. The van der Waals surface area contributed by atoms with Gasteiger partial charge < -0.3 is 14.6 Å². The van der Waals surface area contributed by atoms with Crippen LogP contribution in [0.3, 0.4) is 0 Å². The number of aromatic hydroxyl groups is 1. The number of hydrogen-bond acceptors (Lipinski definition) is 5. The van der Waals surface area contributed by atoms with Gasteiger partial charge in [-0.2, -0.15) is 5.10 Å². The number of phenolic OH excluding ortho intramolecular Hbond substituents is 1. The molecule has 0 unspecified atom stereocenters. The maximum Gasteiger partial charge on any atom is 0.182 e. The summed E-state index contributed by atoms with van der Waals surface area (Å²) in [5, 5.41) is 19.9. The van der Waals surface area contributed by atoms with Crippen molar-refractivity contribution in [1.82, 2.24) is 15.2 Å². The summed E-state index contributed by atoms with van der Waals surface area (Å²) < 4.78 is 11.1. The number of phenols is 1. The van der Waals surface area contributed by atoms with Crippen LogP contribution in [0.25, 0.3) is 33.1 Å². The second kappa shape index (κ2) is 6.07. The molecule has 4 aromatic rings. The van der Waals surface area contributed by atoms with E-state index in [1.54, 1.807) is 32.4 Å². The average molecular weight is 370 g/mol. The number of methoxy groups -OCH3 is 2. The summed E-state index contributed by atoms with van der Waals surface area (Å²) in [6, 6.07) is 8.78. The quantitative estimate of drug-likeness (QED) is 0.557. The lowest BCUT2D eigenvalue weighted by Gasteiger charge is -2.14. The molecule has 2 heterocycles. The van der Waals surface area contributed by atoms with Gasteiger partial charge in [0, 0.05) is 22.0 Å². The van der Waals surface area contributed by atoms with Crippen LogP contribution < -0.4 is 9.47 Å². The third kappa shape index (κ3) is 2.34. The molecule has 2 aromatic heterocycles. The Hall–Kier alpha value is -2.99. The van der Waals surface area contributed by atoms with Gasteiger partial charge in [0.25, 0.3) is 0 Å². The van der Waals surface area contributed by atoms with Crippen LogP contribution in [0, 0.1) is 6.92 Å². The smallest absolute Gasteiger partial charge is 0.182 e. The fourth-order valence-corrected chi connectivity index (χ4v) is 3.39. The normalized spacial score (nSPS) is 11.2. The Balaban J connectivity index is 2.19. The van der Waals surface area contributed by atoms with E-state index in [0.717, 1.165) is 27.4 Å². The molecule has 0 aliphatic rings. The fourth-order valence-electron chi connectivity index (χ4n) is 3.21. The van der Waals surface area contributed by atoms with Crippen molar-refractivity contribution < 1.29 is 14.6 Å². The van der Waals surface area contributed by atoms with Crippen molar-refractivity contribution in [3.8, 4) is 28.5 Å². The zero-order valence-electron chi connectivity index (χ0n) is 14.4. The molecule has 0 bridgehead atoms. The number of aryl methyl sites for hydroxylation is 1. The van der Waals surface area contributed by atoms with E-state index in [-0.39, 0.29) is 10.8 Å². The van der Waals surface area contributed by atoms with Crippen LogP contribution >= 0.6 is 11.6 Å². The maximum absolute atomic E-state index is 9.72. The predicted octanol–water partition coefficient (Wildman–Crippen LogP) is 4.46. The Bertz CT molecular complexity index is 1150. The van der Waals surface area contributed by atoms with Gasteiger partial charge in [-0.3, -0.25) is 5.10 Å². The Labute approximate surface area is 154 Å². The SMILES string of the molecule is COc1ccc2c(-c3ccc(O)c(Cl)c3)nc3n[nH]c(C)c3c2c1OC. The number of nitrogens with zero attached hydrogens (tertiary/aromatic N) is 2. The first-order valence-corrected chi connectivity index (χ1v) is 8.31. The molecular formula is C19H16ClN3O3. The summed E-state index contributed by atoms with van der Waals surface area (Å²) >= 11 is 6.10. The van der Waals surface area contributed by atoms with Gasteiger partial charge in [0.1, 0.15) is 5.75 Å². The Morgan fingerprint density at radius 1 is 1.08 bits per heavy atom. The highest BCUT2D eigenvalue weighted by atomic mass is 35.5. The fraction of sp³-hybridized carbons (Fsp3) is 0.158. The number of hydrogen-bond donors (Lipinski definition) is 2. The van der Waals surface area contributed by atoms with Crippen molar-refractivity contribution >= 4 is 33.4 Å². The summed E-state index contributed by atoms with van der Waals surface area (Å²) in [4.78, 5) is 4.72. The number of pyridine rings is 1. The van der Waals surface area contributed by atoms with Gasteiger partial charge in [-0.05, 0) is 37.3 Å². The van der Waals surface area contributed by atoms with Crippen LogP contribution in [0.15, 0.2) is 30.3 Å². The van der Waals surface area contributed by atoms with E-state index in [1.807, 2.05) is 19.1 Å². The molecule has 0 amide bonds. The van der Waals surface area contributed by atoms with Crippen molar-refractivity contribution in [3.05, 3.63) is 41.0 Å². The van der Waals surface area contributed by atoms with E-state index >= 15 is 0 Å². The van der Waals surface area contributed by atoms with E-state index in [1.165, 1.54) is 0 Å². The van der Waals surface area contributed by atoms with Crippen LogP contribution in [0.4, 0.5) is 0 Å². The molecule has 0 aliphatic heterocycles. The summed E-state index contributed by atoms with van der Waals surface area (Å²) in [6.07, 6.45) is 0. The minimum atomic E-state index is 0.0238. The molecule has 0 fully saturated rings. The highest BCUT2D eigenvalue weighted by Gasteiger charge is 2.20. The molecule has 4 rings (SSSR count). The van der Waals surface area contributed by atoms with E-state index in [0.29, 0.717) is 22.8 Å². The summed E-state index contributed by atoms with van der Waals surface area (Å²) in [5.74, 6) is 1.27. The zero-order valence-corrected chi connectivity index (χ0v) is 15.2. The Morgan fingerprint density at radius 3 is 2.58 bits per heavy atom. The standard InChI is InChI=1S/C19H16ClN3O3/c1-9-15-16-11(5-7-14(25-2)18(16)26-3)17(21-19(15)23-22-9)10-4-6-13(24)12(20)8-10/h4-8,24H,1-3H3,(H,21,22,23). The van der Waals surface area contributed by atoms with Gasteiger partial charge in [0.2, 0.25) is 0 Å². The van der Waals surface area contributed by atoms with Crippen LogP contribution in [0.1, 0.15) is 5.69 Å². The van der Waals surface area contributed by atoms with Crippen molar-refractivity contribution in [2.24, 2.45) is 0 Å². The van der Waals surface area contributed by atoms with Crippen molar-refractivity contribution in [1.29, 1.82) is 0 Å². The summed E-state index contributed by atoms with van der Waals surface area (Å²) in [6.45, 7) is 1.94. The summed E-state index contributed by atoms with van der Waals surface area (Å²) in [5.41, 5.74) is 2.93. The number of nitrogens with one attached hydrogen (secondary N) is 1. The van der Waals surface area contributed by atoms with Crippen LogP contribution in [-0.2, 0) is 0 Å². The number of fused-ring (bicyclic) bond motifs is 3. The third-order valence-electron chi connectivity index (χ3n) is 4.42. The van der Waals surface area contributed by atoms with Crippen molar-refractivity contribution in [3.63, 3.8) is 0 Å². The third-order valence-corrected chi connectivity index (χ3v) is 4.72. The molecule has 6 nitrogen and oxygen atoms in total. The lowest BCUT2D eigenvalue weighted by atomic mass is 9.99. The van der Waals surface area contributed by atoms with Gasteiger partial charge in [-0.15, -0.1) is 0 Å². The monoisotopic (exact) mass is 369 g/mol. The van der Waals surface area contributed by atoms with E-state index in [9.17, 15) is 5.11 Å². The molecule has 2 aromatic carbocycles. The van der Waals surface area contributed by atoms with Gasteiger partial charge in [-0.1, -0.05) is 11.6 Å². The molecule has 2 N–H and O–H groups in total. The number of benzene rings is 2. The first-order chi connectivity index (χ1) is 12.5. The van der Waals surface area contributed by atoms with E-state index < -0.39 is 0 Å². The average Bonchev–Trinajstić information content (AvgIpc) is 3.03. The largest absolute Gasteiger partial charge is 0.506 e. The van der Waals surface area contributed by atoms with E-state index in [2.05, 4.69) is 10.2 Å². The Kier molecular flexibility index (Phi) is 3.85. The van der Waals surface area contributed by atoms with E-state index in [4.69, 9.17) is 26.1 Å². The molecular weight excluding hydrogens is 354 g/mol. The topological polar surface area (TPSA) is 80.3 Å². The van der Waals surface area contributed by atoms with Gasteiger partial charge in [-0.25, -0.2) is 4.98 Å². The number of aromatic amines is 1. The first-order valence-electron chi connectivity index (χ1n) is 7.93. The number of ether oxygens (including phenoxy) is 2. The highest BCUT2D eigenvalue weighted by Crippen LogP contribution is 2.43. The number of aromatic nitrogens is 3. The molecule has 0 saturated heterocycles. The summed E-state index contributed by atoms with van der Waals surface area (Å²) in [7, 11) is 3.21. The first kappa shape index (κ1) is 16.5. The molecule has 132 valence electrons. The van der Waals surface area contributed by atoms with Crippen molar-refractivity contribution in [2.45, 2.75) is 6.92 Å². The number of halogens is 1. The van der Waals surface area contributed by atoms with Gasteiger partial charge in [0.15, 0.2) is 17.1 Å². The molecule has 0 aliphatic carbocycles. The molecule has 0 saturated carbocycles. The minimum Gasteiger partial charge on any atom is -0.506 e. The lowest BCUT2D eigenvalue weighted by molar-refractivity contribution is 0.359. The van der Waals surface area contributed by atoms with Crippen LogP contribution in [-0.4, -0.2) is 34.5 Å². The predicted molar refractivity (Wildman–Crippen MR) is 101 cm³/mol. The number of rotatable bonds is 3. The molecule has 0 spiro atoms. The molecule has 0 atom stereocenters. The second-order valence-electron chi connectivity index (χ2n) is 5.90. The maximum atomic E-state index is 9.72. The zero-order chi connectivity index (χ0) is 18.4. The molecule has 26 heavy (non-hydrogen) atoms. The van der Waals surface area contributed by atoms with Crippen LogP contribution in [0.5, 0.6) is 17.2 Å². The molecule has 7 heteroatoms. The van der Waals surface area contributed by atoms with Gasteiger partial charge >= 0.3 is 0 Å². The lowest BCUT2D eigenvalue weighted by Crippen LogP contribution is -1.95. The highest BCUT2D eigenvalue weighted by molar-refractivity contribution is 6.32. The Morgan fingerprint density at radius 2 is 1.88 bits per heavy atom. The molecule has 0 radical (unpaired) electrons. The van der Waals surface area contributed by atoms with Gasteiger partial charge in [0.05, 0.1) is 30.3 Å². The second-order valence-corrected chi connectivity index (χ2v) is 6.30. The van der Waals surface area contributed by atoms with Crippen molar-refractivity contribution in [2.75, 3.05) is 14.2 Å². The van der Waals surface area contributed by atoms with Crippen LogP contribution in [0.2, 0.25) is 5.02 Å².